The number of aromatic nitrogens is 2. The molecular formula is C11H13BrF3N3. The number of nitrogens with zero attached hydrogens (tertiary/aromatic N) is 3. The molecule has 1 atom stereocenters. The molecule has 1 fully saturated rings. The van der Waals surface area contributed by atoms with E-state index in [4.69, 9.17) is 0 Å². The first-order valence-electron chi connectivity index (χ1n) is 5.75. The minimum absolute atomic E-state index is 0.169. The molecule has 0 saturated carbocycles. The summed E-state index contributed by atoms with van der Waals surface area (Å²) in [5.74, 6) is 0.175. The maximum absolute atomic E-state index is 12.6. The lowest BCUT2D eigenvalue weighted by Gasteiger charge is -2.34. The maximum Gasteiger partial charge on any atom is 0.433 e. The maximum atomic E-state index is 12.6. The van der Waals surface area contributed by atoms with Gasteiger partial charge in [-0.2, -0.15) is 13.2 Å². The van der Waals surface area contributed by atoms with E-state index < -0.39 is 11.9 Å². The van der Waals surface area contributed by atoms with Crippen LogP contribution in [0.5, 0.6) is 0 Å². The second-order valence-electron chi connectivity index (χ2n) is 4.24. The van der Waals surface area contributed by atoms with Gasteiger partial charge in [0.05, 0.1) is 0 Å². The van der Waals surface area contributed by atoms with Gasteiger partial charge in [0.15, 0.2) is 0 Å². The third-order valence-electron chi connectivity index (χ3n) is 3.00. The van der Waals surface area contributed by atoms with Crippen molar-refractivity contribution < 1.29 is 13.2 Å². The van der Waals surface area contributed by atoms with Gasteiger partial charge in [0, 0.05) is 24.1 Å². The molecule has 2 heterocycles. The van der Waals surface area contributed by atoms with Crippen LogP contribution in [0.4, 0.5) is 19.1 Å². The van der Waals surface area contributed by atoms with Crippen molar-refractivity contribution >= 4 is 21.9 Å². The number of piperidine rings is 1. The van der Waals surface area contributed by atoms with E-state index in [2.05, 4.69) is 25.9 Å². The van der Waals surface area contributed by atoms with Crippen molar-refractivity contribution in [2.45, 2.75) is 31.5 Å². The molecule has 100 valence electrons. The van der Waals surface area contributed by atoms with Crippen LogP contribution in [-0.2, 0) is 6.18 Å². The molecule has 0 aliphatic carbocycles. The van der Waals surface area contributed by atoms with Crippen LogP contribution in [0.15, 0.2) is 12.3 Å². The molecular weight excluding hydrogens is 311 g/mol. The van der Waals surface area contributed by atoms with E-state index in [-0.39, 0.29) is 12.0 Å². The zero-order valence-electron chi connectivity index (χ0n) is 9.62. The van der Waals surface area contributed by atoms with E-state index in [9.17, 15) is 13.2 Å². The monoisotopic (exact) mass is 323 g/mol. The molecule has 1 aliphatic rings. The number of halogens is 4. The quantitative estimate of drug-likeness (QED) is 0.782. The Morgan fingerprint density at radius 2 is 2.17 bits per heavy atom. The summed E-state index contributed by atoms with van der Waals surface area (Å²) < 4.78 is 37.8. The fourth-order valence-electron chi connectivity index (χ4n) is 2.07. The number of rotatable bonds is 2. The largest absolute Gasteiger partial charge is 0.433 e. The van der Waals surface area contributed by atoms with Gasteiger partial charge < -0.3 is 4.90 Å². The highest BCUT2D eigenvalue weighted by atomic mass is 79.9. The Kier molecular flexibility index (Phi) is 4.09. The molecule has 0 aromatic carbocycles. The third-order valence-corrected chi connectivity index (χ3v) is 3.74. The Morgan fingerprint density at radius 1 is 1.39 bits per heavy atom. The summed E-state index contributed by atoms with van der Waals surface area (Å²) in [6.07, 6.45) is -0.248. The summed E-state index contributed by atoms with van der Waals surface area (Å²) in [5, 5.41) is 0.715. The fraction of sp³-hybridized carbons (Fsp3) is 0.636. The van der Waals surface area contributed by atoms with Gasteiger partial charge in [-0.3, -0.25) is 0 Å². The highest BCUT2D eigenvalue weighted by Gasteiger charge is 2.34. The second kappa shape index (κ2) is 5.42. The van der Waals surface area contributed by atoms with Gasteiger partial charge >= 0.3 is 6.18 Å². The van der Waals surface area contributed by atoms with Crippen molar-refractivity contribution in [3.8, 4) is 0 Å². The van der Waals surface area contributed by atoms with Crippen LogP contribution in [0.2, 0.25) is 0 Å². The topological polar surface area (TPSA) is 29.0 Å². The van der Waals surface area contributed by atoms with Crippen LogP contribution in [0.1, 0.15) is 25.0 Å². The van der Waals surface area contributed by atoms with Gasteiger partial charge in [-0.05, 0) is 25.3 Å². The fourth-order valence-corrected chi connectivity index (χ4v) is 2.74. The van der Waals surface area contributed by atoms with E-state index >= 15 is 0 Å². The molecule has 0 radical (unpaired) electrons. The lowest BCUT2D eigenvalue weighted by Crippen LogP contribution is -2.41. The van der Waals surface area contributed by atoms with Gasteiger partial charge in [-0.1, -0.05) is 15.9 Å². The zero-order valence-corrected chi connectivity index (χ0v) is 11.2. The van der Waals surface area contributed by atoms with E-state index in [1.807, 2.05) is 4.90 Å². The SMILES string of the molecule is FC(F)(F)c1ccnc(N2CCCCC2CBr)n1. The van der Waals surface area contributed by atoms with Crippen molar-refractivity contribution in [2.24, 2.45) is 0 Å². The summed E-state index contributed by atoms with van der Waals surface area (Å²) in [7, 11) is 0. The van der Waals surface area contributed by atoms with Crippen LogP contribution in [0, 0.1) is 0 Å². The van der Waals surface area contributed by atoms with Gasteiger partial charge in [0.2, 0.25) is 5.95 Å². The first-order valence-corrected chi connectivity index (χ1v) is 6.87. The minimum atomic E-state index is -4.42. The minimum Gasteiger partial charge on any atom is -0.337 e. The lowest BCUT2D eigenvalue weighted by atomic mass is 10.0. The molecule has 1 aliphatic heterocycles. The van der Waals surface area contributed by atoms with Crippen molar-refractivity contribution in [3.05, 3.63) is 18.0 Å². The molecule has 7 heteroatoms. The molecule has 1 aromatic rings. The molecule has 1 saturated heterocycles. The van der Waals surface area contributed by atoms with Gasteiger partial charge in [-0.15, -0.1) is 0 Å². The van der Waals surface area contributed by atoms with Gasteiger partial charge in [0.1, 0.15) is 5.69 Å². The van der Waals surface area contributed by atoms with Crippen LogP contribution >= 0.6 is 15.9 Å². The van der Waals surface area contributed by atoms with Gasteiger partial charge in [0.25, 0.3) is 0 Å². The van der Waals surface area contributed by atoms with E-state index in [0.717, 1.165) is 25.3 Å². The molecule has 3 nitrogen and oxygen atoms in total. The lowest BCUT2D eigenvalue weighted by molar-refractivity contribution is -0.141. The zero-order chi connectivity index (χ0) is 13.2. The molecule has 0 spiro atoms. The third kappa shape index (κ3) is 2.93. The van der Waals surface area contributed by atoms with E-state index in [0.29, 0.717) is 11.9 Å². The van der Waals surface area contributed by atoms with E-state index in [1.54, 1.807) is 0 Å². The molecule has 1 aromatic heterocycles. The Bertz CT molecular complexity index is 411. The molecule has 2 rings (SSSR count). The summed E-state index contributed by atoms with van der Waals surface area (Å²) in [4.78, 5) is 9.46. The summed E-state index contributed by atoms with van der Waals surface area (Å²) in [6, 6.07) is 1.07. The number of alkyl halides is 4. The summed E-state index contributed by atoms with van der Waals surface area (Å²) >= 11 is 3.39. The van der Waals surface area contributed by atoms with Crippen LogP contribution < -0.4 is 4.90 Å². The van der Waals surface area contributed by atoms with Crippen LogP contribution in [0.25, 0.3) is 0 Å². The molecule has 0 amide bonds. The van der Waals surface area contributed by atoms with E-state index in [1.165, 1.54) is 6.20 Å². The normalized spacial score (nSPS) is 21.1. The van der Waals surface area contributed by atoms with Crippen molar-refractivity contribution in [3.63, 3.8) is 0 Å². The molecule has 18 heavy (non-hydrogen) atoms. The average molecular weight is 324 g/mol. The Balaban J connectivity index is 2.27. The standard InChI is InChI=1S/C11H13BrF3N3/c12-7-8-3-1-2-6-18(8)10-16-5-4-9(17-10)11(13,14)15/h4-5,8H,1-3,6-7H2. The smallest absolute Gasteiger partial charge is 0.337 e. The highest BCUT2D eigenvalue weighted by molar-refractivity contribution is 9.09. The number of hydrogen-bond donors (Lipinski definition) is 0. The first-order chi connectivity index (χ1) is 8.52. The number of anilines is 1. The van der Waals surface area contributed by atoms with Crippen molar-refractivity contribution in [2.75, 3.05) is 16.8 Å². The predicted octanol–water partition coefficient (Wildman–Crippen LogP) is 3.25. The average Bonchev–Trinajstić information content (AvgIpc) is 2.38. The molecule has 0 N–H and O–H groups in total. The predicted molar refractivity (Wildman–Crippen MR) is 65.8 cm³/mol. The van der Waals surface area contributed by atoms with Crippen LogP contribution in [-0.4, -0.2) is 27.9 Å². The van der Waals surface area contributed by atoms with Crippen molar-refractivity contribution in [1.82, 2.24) is 9.97 Å². The Hall–Kier alpha value is -0.850. The summed E-state index contributed by atoms with van der Waals surface area (Å²) in [6.45, 7) is 0.706. The van der Waals surface area contributed by atoms with Crippen molar-refractivity contribution in [1.29, 1.82) is 0 Å². The first kappa shape index (κ1) is 13.6. The summed E-state index contributed by atoms with van der Waals surface area (Å²) in [5.41, 5.74) is -0.883. The second-order valence-corrected chi connectivity index (χ2v) is 4.88. The molecule has 0 bridgehead atoms. The Labute approximate surface area is 112 Å². The molecule has 1 unspecified atom stereocenters. The van der Waals surface area contributed by atoms with Crippen LogP contribution in [0.3, 0.4) is 0 Å². The van der Waals surface area contributed by atoms with Gasteiger partial charge in [-0.25, -0.2) is 9.97 Å². The number of hydrogen-bond acceptors (Lipinski definition) is 3. The highest BCUT2D eigenvalue weighted by Crippen LogP contribution is 2.29. The Morgan fingerprint density at radius 3 is 2.83 bits per heavy atom.